The fraction of sp³-hybridized carbons (Fsp3) is 0.232. The van der Waals surface area contributed by atoms with Crippen molar-refractivity contribution in [2.45, 2.75) is 95.5 Å². The largest absolute Gasteiger partial charge is 0.485 e. The molecule has 1 unspecified atom stereocenters. The number of hydrogen-bond acceptors (Lipinski definition) is 34. The summed E-state index contributed by atoms with van der Waals surface area (Å²) in [6.45, 7) is 9.91. The molecule has 0 radical (unpaired) electrons. The van der Waals surface area contributed by atoms with Gasteiger partial charge in [-0.3, -0.25) is 55.7 Å². The van der Waals surface area contributed by atoms with Crippen LogP contribution in [0.5, 0.6) is 46.5 Å². The fourth-order valence-corrected chi connectivity index (χ4v) is 22.0. The summed E-state index contributed by atoms with van der Waals surface area (Å²) in [5.41, 5.74) is 15.9. The van der Waals surface area contributed by atoms with Crippen LogP contribution in [-0.2, 0) is 40.1 Å². The van der Waals surface area contributed by atoms with Crippen molar-refractivity contribution < 1.29 is 84.7 Å². The maximum atomic E-state index is 13.4. The normalized spacial score (nSPS) is 14.0. The molecule has 147 heavy (non-hydrogen) atoms. The van der Waals surface area contributed by atoms with Gasteiger partial charge in [0.2, 0.25) is 46.5 Å². The highest BCUT2D eigenvalue weighted by Crippen LogP contribution is 2.40. The topological polar surface area (TPSA) is 537 Å². The molecular weight excluding hydrogens is 2080 g/mol. The molecule has 0 spiro atoms. The zero-order valence-corrected chi connectivity index (χ0v) is 85.1. The molecule has 19 rings (SSSR count). The molecule has 0 bridgehead atoms. The van der Waals surface area contributed by atoms with Gasteiger partial charge in [-0.15, -0.1) is 11.3 Å². The van der Waals surface area contributed by atoms with Gasteiger partial charge in [0.25, 0.3) is 62.3 Å². The highest BCUT2D eigenvalue weighted by molar-refractivity contribution is 7.95. The van der Waals surface area contributed by atoms with Crippen LogP contribution in [0, 0.1) is 31.3 Å². The Labute approximate surface area is 854 Å². The molecule has 1 saturated carbocycles. The number of methoxy groups -OCH3 is 4. The zero-order chi connectivity index (χ0) is 105. The minimum Gasteiger partial charge on any atom is -0.485 e. The lowest BCUT2D eigenvalue weighted by Crippen LogP contribution is -2.51. The van der Waals surface area contributed by atoms with E-state index in [0.29, 0.717) is 97.5 Å². The third-order valence-electron chi connectivity index (χ3n) is 22.5. The number of hydrogen-bond donors (Lipinski definition) is 8. The molecule has 3 aromatic carbocycles. The van der Waals surface area contributed by atoms with E-state index in [2.05, 4.69) is 74.4 Å². The van der Waals surface area contributed by atoms with E-state index in [1.807, 2.05) is 0 Å². The first-order valence-electron chi connectivity index (χ1n) is 44.2. The maximum Gasteiger partial charge on any atom is 0.300 e. The Bertz CT molecular complexity index is 8350. The Balaban J connectivity index is 0.000000140. The predicted molar refractivity (Wildman–Crippen MR) is 543 cm³/mol. The molecule has 0 amide bonds. The van der Waals surface area contributed by atoms with Crippen LogP contribution < -0.4 is 101 Å². The van der Waals surface area contributed by atoms with Crippen LogP contribution >= 0.6 is 46.1 Å². The van der Waals surface area contributed by atoms with Gasteiger partial charge in [0.05, 0.1) is 84.5 Å². The van der Waals surface area contributed by atoms with Crippen molar-refractivity contribution in [1.29, 1.82) is 0 Å². The van der Waals surface area contributed by atoms with Crippen molar-refractivity contribution in [1.82, 2.24) is 73.1 Å². The van der Waals surface area contributed by atoms with E-state index in [-0.39, 0.29) is 140 Å². The Morgan fingerprint density at radius 3 is 1.10 bits per heavy atom. The van der Waals surface area contributed by atoms with Gasteiger partial charge in [0.1, 0.15) is 103 Å². The van der Waals surface area contributed by atoms with Gasteiger partial charge < -0.3 is 60.0 Å². The second-order valence-electron chi connectivity index (χ2n) is 34.1. The number of rotatable bonds is 31. The Morgan fingerprint density at radius 2 is 0.796 bits per heavy atom. The quantitative estimate of drug-likeness (QED) is 0.0200. The summed E-state index contributed by atoms with van der Waals surface area (Å²) in [6, 6.07) is 28.7. The van der Waals surface area contributed by atoms with Crippen LogP contribution in [0.1, 0.15) is 50.2 Å². The molecule has 13 aromatic heterocycles. The molecule has 16 aromatic rings. The van der Waals surface area contributed by atoms with E-state index >= 15 is 0 Å². The van der Waals surface area contributed by atoms with Gasteiger partial charge in [-0.25, -0.2) is 91.7 Å². The SMILES string of the molecule is COc1ncc(-c2ccc3ncc(OC4CNC4)c(=O)n3c2)cc1NS(=O)(=O)c1ccc(F)cc1Cl.COc1ncc(-c2ccc3ncc(OCC(C)(C)N)c(=O)n3c2)cc1NS(=O)(=O)c1ccc(F)cc1Cl.COc1ncc(-c2ccc3ncc(OCC4(N)CC4)c(=O)n3c2)cc1NS(=O)(=O)c1ccc(F)cc1Cl.COc1ncc(-c2ccc3ncc(OCC4CCCN4)c(=O)n3c2)cc1NS(=O)(=O)c1sc(C)nc1C. The highest BCUT2D eigenvalue weighted by atomic mass is 35.5. The van der Waals surface area contributed by atoms with Crippen molar-refractivity contribution in [3.05, 3.63) is 286 Å². The third-order valence-corrected chi connectivity index (χ3v) is 31.1. The maximum absolute atomic E-state index is 13.4. The Morgan fingerprint density at radius 1 is 0.456 bits per heavy atom. The minimum absolute atomic E-state index is 0.00309. The number of halogens is 6. The van der Waals surface area contributed by atoms with Gasteiger partial charge in [0.15, 0.2) is 4.21 Å². The zero-order valence-electron chi connectivity index (χ0n) is 78.7. The van der Waals surface area contributed by atoms with E-state index in [1.54, 1.807) is 107 Å². The standard InChI is InChI=1S/C24H21ClFN5O5S.C24H23ClFN5O5S.C24H26N6O5S2.C23H19ClFN5O5S/c1-35-22-18(30-37(33,34)20-4-3-16(26)9-17(20)25)8-15(10-29-22)14-2-5-21-28-11-19(23(32)31(21)12-14)36-13-24(27)6-7-24;1-24(2,27)13-36-19-11-28-21-7-4-14(12-31(21)23(19)32)15-8-18(22(35-3)29-10-15)30-37(33,34)20-6-5-16(26)9-17(20)25;1-14-24(36-15(2)28-14)37(32,33)29-19-9-17(10-27-22(19)34-3)16-6-7-21-26-11-20(23(31)30(21)12-16)35-13-18-5-4-8-25-18;1-34-22-18(29-36(32,33)20-4-3-15(25)7-17(20)24)6-14(8-28-22)13-2-5-21-27-11-19(23(31)30(21)12-13)35-16-9-26-10-16/h2-5,8-12,30H,6-7,13,27H2,1H3;4-12,30H,13,27H2,1-3H3;6-7,9-12,18,25,29H,4-5,8,13H2,1-3H3;2-8,11-12,16,26,29H,9-10H2,1H3. The van der Waals surface area contributed by atoms with Crippen LogP contribution in [0.4, 0.5) is 35.9 Å². The molecule has 52 heteroatoms. The first-order valence-corrected chi connectivity index (χ1v) is 52.1. The summed E-state index contributed by atoms with van der Waals surface area (Å²) in [5, 5.41) is 6.22. The van der Waals surface area contributed by atoms with Crippen LogP contribution in [0.3, 0.4) is 0 Å². The summed E-state index contributed by atoms with van der Waals surface area (Å²) < 4.78 is 203. The lowest BCUT2D eigenvalue weighted by atomic mass is 10.1. The number of ether oxygens (including phenoxy) is 8. The number of nitrogens with zero attached hydrogens (tertiary/aromatic N) is 13. The molecule has 10 N–H and O–H groups in total. The molecule has 1 atom stereocenters. The average Bonchev–Trinajstić information content (AvgIpc) is 1.77. The number of nitrogens with two attached hydrogens (primary N) is 2. The Kier molecular flexibility index (Phi) is 31.1. The van der Waals surface area contributed by atoms with Gasteiger partial charge >= 0.3 is 0 Å². The van der Waals surface area contributed by atoms with Crippen LogP contribution in [0.25, 0.3) is 67.1 Å². The fourth-order valence-electron chi connectivity index (χ4n) is 14.7. The smallest absolute Gasteiger partial charge is 0.300 e. The predicted octanol–water partition coefficient (Wildman–Crippen LogP) is 12.2. The number of pyridine rings is 8. The number of aromatic nitrogens is 13. The molecule has 41 nitrogen and oxygen atoms in total. The van der Waals surface area contributed by atoms with E-state index in [9.17, 15) is 66.0 Å². The molecular formula is C95H89Cl3F3N21O20S5. The first-order chi connectivity index (χ1) is 70.0. The number of fused-ring (bicyclic) bond motifs is 4. The van der Waals surface area contributed by atoms with Gasteiger partial charge in [-0.05, 0) is 187 Å². The number of aryl methyl sites for hydroxylation is 2. The van der Waals surface area contributed by atoms with Gasteiger partial charge in [-0.1, -0.05) is 34.8 Å². The number of nitrogens with one attached hydrogen (secondary N) is 6. The highest BCUT2D eigenvalue weighted by Gasteiger charge is 2.40. The van der Waals surface area contributed by atoms with E-state index in [0.717, 1.165) is 98.2 Å². The number of thiazole rings is 1. The summed E-state index contributed by atoms with van der Waals surface area (Å²) in [4.78, 5) is 89.3. The monoisotopic (exact) mass is 2170 g/mol. The third kappa shape index (κ3) is 24.5. The number of anilines is 4. The van der Waals surface area contributed by atoms with Crippen molar-refractivity contribution >= 4 is 132 Å². The van der Waals surface area contributed by atoms with Crippen LogP contribution in [0.15, 0.2) is 240 Å². The van der Waals surface area contributed by atoms with Gasteiger partial charge in [-0.2, -0.15) is 0 Å². The van der Waals surface area contributed by atoms with Crippen LogP contribution in [-0.4, -0.2) is 187 Å². The summed E-state index contributed by atoms with van der Waals surface area (Å²) in [5.74, 6) is -1.50. The van der Waals surface area contributed by atoms with Crippen molar-refractivity contribution in [3.63, 3.8) is 0 Å². The molecule has 1 aliphatic carbocycles. The summed E-state index contributed by atoms with van der Waals surface area (Å²) in [6.07, 6.45) is 21.4. The minimum atomic E-state index is -4.22. The molecule has 3 aliphatic rings. The molecule has 15 heterocycles. The van der Waals surface area contributed by atoms with Crippen molar-refractivity contribution in [3.8, 4) is 91.0 Å². The lowest BCUT2D eigenvalue weighted by Gasteiger charge is -2.27. The van der Waals surface area contributed by atoms with Crippen molar-refractivity contribution in [2.75, 3.05) is 86.8 Å². The Hall–Kier alpha value is -14.8. The second kappa shape index (κ2) is 43.5. The first kappa shape index (κ1) is 105. The number of benzene rings is 3. The molecule has 2 aliphatic heterocycles. The molecule has 766 valence electrons. The second-order valence-corrected chi connectivity index (χ2v) is 43.4. The van der Waals surface area contributed by atoms with E-state index in [1.165, 1.54) is 114 Å². The number of sulfonamides is 4. The summed E-state index contributed by atoms with van der Waals surface area (Å²) in [7, 11) is -11.1. The van der Waals surface area contributed by atoms with Crippen LogP contribution in [0.2, 0.25) is 15.1 Å². The van der Waals surface area contributed by atoms with E-state index in [4.69, 9.17) is 84.2 Å². The molecule has 2 saturated heterocycles. The van der Waals surface area contributed by atoms with E-state index < -0.39 is 79.7 Å². The van der Waals surface area contributed by atoms with Gasteiger partial charge in [0, 0.05) is 119 Å². The average molecular weight is 2170 g/mol. The van der Waals surface area contributed by atoms with Crippen molar-refractivity contribution in [2.24, 2.45) is 11.5 Å². The summed E-state index contributed by atoms with van der Waals surface area (Å²) >= 11 is 18.9. The lowest BCUT2D eigenvalue weighted by molar-refractivity contribution is 0.139. The molecule has 3 fully saturated rings.